The number of nitriles is 1. The molecule has 7 heteroatoms. The number of nitrogens with one attached hydrogen (secondary N) is 1. The third-order valence-electron chi connectivity index (χ3n) is 3.69. The molecule has 134 valence electrons. The highest BCUT2D eigenvalue weighted by molar-refractivity contribution is 6.33. The van der Waals surface area contributed by atoms with Gasteiger partial charge in [0, 0.05) is 11.3 Å². The molecule has 0 aliphatic carbocycles. The molecule has 1 unspecified atom stereocenters. The number of ether oxygens (including phenoxy) is 2. The van der Waals surface area contributed by atoms with Crippen LogP contribution >= 0.6 is 11.6 Å². The standard InChI is InChI=1S/C19H17ClN2O4/c1-11-4-6-13(7-5-11)22-19(24)14(10-21)17(23)12-8-15(20)18(26-3)16(9-12)25-2/h4-9,14H,1-3H3,(H,22,24). The molecule has 2 aromatic carbocycles. The molecular weight excluding hydrogens is 356 g/mol. The molecule has 0 aromatic heterocycles. The molecule has 6 nitrogen and oxygen atoms in total. The van der Waals surface area contributed by atoms with E-state index in [1.54, 1.807) is 18.2 Å². The van der Waals surface area contributed by atoms with E-state index in [0.717, 1.165) is 5.56 Å². The Morgan fingerprint density at radius 3 is 2.35 bits per heavy atom. The maximum Gasteiger partial charge on any atom is 0.249 e. The van der Waals surface area contributed by atoms with Crippen LogP contribution in [0.3, 0.4) is 0 Å². The van der Waals surface area contributed by atoms with Gasteiger partial charge in [0.2, 0.25) is 5.91 Å². The maximum atomic E-state index is 12.6. The Bertz CT molecular complexity index is 872. The fourth-order valence-electron chi connectivity index (χ4n) is 2.31. The quantitative estimate of drug-likeness (QED) is 0.618. The van der Waals surface area contributed by atoms with Gasteiger partial charge in [-0.3, -0.25) is 9.59 Å². The number of ketones is 1. The van der Waals surface area contributed by atoms with Gasteiger partial charge < -0.3 is 14.8 Å². The fourth-order valence-corrected chi connectivity index (χ4v) is 2.60. The summed E-state index contributed by atoms with van der Waals surface area (Å²) in [5, 5.41) is 12.0. The summed E-state index contributed by atoms with van der Waals surface area (Å²) in [6, 6.07) is 11.5. The zero-order valence-corrected chi connectivity index (χ0v) is 15.3. The molecule has 2 aromatic rings. The Hall–Kier alpha value is -3.04. The van der Waals surface area contributed by atoms with E-state index in [-0.39, 0.29) is 22.1 Å². The minimum atomic E-state index is -1.52. The first-order valence-corrected chi connectivity index (χ1v) is 8.02. The molecule has 1 N–H and O–H groups in total. The predicted octanol–water partition coefficient (Wildman–Crippen LogP) is 3.63. The molecule has 0 saturated heterocycles. The van der Waals surface area contributed by atoms with Crippen LogP contribution in [0.4, 0.5) is 5.69 Å². The monoisotopic (exact) mass is 372 g/mol. The van der Waals surface area contributed by atoms with Crippen molar-refractivity contribution in [3.05, 3.63) is 52.5 Å². The van der Waals surface area contributed by atoms with Crippen LogP contribution in [0.15, 0.2) is 36.4 Å². The zero-order valence-electron chi connectivity index (χ0n) is 14.5. The average molecular weight is 373 g/mol. The predicted molar refractivity (Wildman–Crippen MR) is 97.8 cm³/mol. The maximum absolute atomic E-state index is 12.6. The molecule has 0 radical (unpaired) electrons. The van der Waals surface area contributed by atoms with E-state index in [9.17, 15) is 14.9 Å². The Labute approximate surface area is 156 Å². The Morgan fingerprint density at radius 1 is 1.15 bits per heavy atom. The van der Waals surface area contributed by atoms with Gasteiger partial charge in [0.15, 0.2) is 23.2 Å². The Balaban J connectivity index is 2.28. The average Bonchev–Trinajstić information content (AvgIpc) is 2.63. The molecule has 1 amide bonds. The number of methoxy groups -OCH3 is 2. The summed E-state index contributed by atoms with van der Waals surface area (Å²) in [5.74, 6) is -2.42. The van der Waals surface area contributed by atoms with Gasteiger partial charge in [-0.25, -0.2) is 0 Å². The van der Waals surface area contributed by atoms with Crippen LogP contribution in [-0.4, -0.2) is 25.9 Å². The Morgan fingerprint density at radius 2 is 1.81 bits per heavy atom. The third kappa shape index (κ3) is 4.13. The van der Waals surface area contributed by atoms with Crippen LogP contribution < -0.4 is 14.8 Å². The number of halogens is 1. The number of aryl methyl sites for hydroxylation is 1. The fraction of sp³-hybridized carbons (Fsp3) is 0.211. The zero-order chi connectivity index (χ0) is 19.3. The van der Waals surface area contributed by atoms with Crippen LogP contribution in [0, 0.1) is 24.2 Å². The molecule has 0 bridgehead atoms. The molecular formula is C19H17ClN2O4. The van der Waals surface area contributed by atoms with Crippen molar-refractivity contribution < 1.29 is 19.1 Å². The summed E-state index contributed by atoms with van der Waals surface area (Å²) in [7, 11) is 2.81. The Kier molecular flexibility index (Phi) is 6.21. The van der Waals surface area contributed by atoms with Crippen LogP contribution in [0.5, 0.6) is 11.5 Å². The summed E-state index contributed by atoms with van der Waals surface area (Å²) >= 11 is 6.09. The third-order valence-corrected chi connectivity index (χ3v) is 3.97. The van der Waals surface area contributed by atoms with Crippen molar-refractivity contribution in [2.75, 3.05) is 19.5 Å². The van der Waals surface area contributed by atoms with E-state index in [0.29, 0.717) is 5.69 Å². The number of carbonyl (C=O) groups excluding carboxylic acids is 2. The number of amides is 1. The summed E-state index contributed by atoms with van der Waals surface area (Å²) in [4.78, 5) is 25.0. The molecule has 26 heavy (non-hydrogen) atoms. The summed E-state index contributed by atoms with van der Waals surface area (Å²) in [5.41, 5.74) is 1.60. The van der Waals surface area contributed by atoms with Crippen LogP contribution in [0.2, 0.25) is 5.02 Å². The van der Waals surface area contributed by atoms with Gasteiger partial charge in [-0.05, 0) is 31.2 Å². The molecule has 0 fully saturated rings. The van der Waals surface area contributed by atoms with Gasteiger partial charge in [0.25, 0.3) is 0 Å². The first-order valence-electron chi connectivity index (χ1n) is 7.64. The van der Waals surface area contributed by atoms with Gasteiger partial charge in [-0.1, -0.05) is 29.3 Å². The molecule has 0 heterocycles. The topological polar surface area (TPSA) is 88.4 Å². The van der Waals surface area contributed by atoms with Crippen molar-refractivity contribution in [2.24, 2.45) is 5.92 Å². The molecule has 1 atom stereocenters. The highest BCUT2D eigenvalue weighted by atomic mass is 35.5. The SMILES string of the molecule is COc1cc(C(=O)C(C#N)C(=O)Nc2ccc(C)cc2)cc(Cl)c1OC. The summed E-state index contributed by atoms with van der Waals surface area (Å²) in [6.45, 7) is 1.91. The molecule has 0 aliphatic heterocycles. The number of benzene rings is 2. The lowest BCUT2D eigenvalue weighted by Crippen LogP contribution is -2.28. The number of hydrogen-bond acceptors (Lipinski definition) is 5. The van der Waals surface area contributed by atoms with E-state index in [2.05, 4.69) is 5.32 Å². The number of nitrogens with zero attached hydrogens (tertiary/aromatic N) is 1. The number of carbonyl (C=O) groups is 2. The van der Waals surface area contributed by atoms with Crippen LogP contribution in [0.1, 0.15) is 15.9 Å². The van der Waals surface area contributed by atoms with Gasteiger partial charge in [-0.15, -0.1) is 0 Å². The lowest BCUT2D eigenvalue weighted by atomic mass is 9.97. The van der Waals surface area contributed by atoms with Crippen molar-refractivity contribution in [1.82, 2.24) is 0 Å². The highest BCUT2D eigenvalue weighted by Gasteiger charge is 2.29. The molecule has 0 saturated carbocycles. The van der Waals surface area contributed by atoms with Crippen molar-refractivity contribution in [3.8, 4) is 17.6 Å². The number of anilines is 1. The van der Waals surface area contributed by atoms with Gasteiger partial charge in [0.05, 0.1) is 25.3 Å². The van der Waals surface area contributed by atoms with E-state index < -0.39 is 17.6 Å². The van der Waals surface area contributed by atoms with Crippen molar-refractivity contribution >= 4 is 29.0 Å². The summed E-state index contributed by atoms with van der Waals surface area (Å²) < 4.78 is 10.3. The number of rotatable bonds is 6. The first kappa shape index (κ1) is 19.3. The smallest absolute Gasteiger partial charge is 0.249 e. The van der Waals surface area contributed by atoms with Crippen LogP contribution in [-0.2, 0) is 4.79 Å². The van der Waals surface area contributed by atoms with Gasteiger partial charge in [-0.2, -0.15) is 5.26 Å². The van der Waals surface area contributed by atoms with Gasteiger partial charge >= 0.3 is 0 Å². The van der Waals surface area contributed by atoms with Crippen molar-refractivity contribution in [3.63, 3.8) is 0 Å². The number of Topliss-reactive ketones (excluding diaryl/α,β-unsaturated/α-hetero) is 1. The lowest BCUT2D eigenvalue weighted by molar-refractivity contribution is -0.117. The lowest BCUT2D eigenvalue weighted by Gasteiger charge is -2.13. The van der Waals surface area contributed by atoms with Crippen molar-refractivity contribution in [2.45, 2.75) is 6.92 Å². The second kappa shape index (κ2) is 8.37. The minimum Gasteiger partial charge on any atom is -0.493 e. The molecule has 0 aliphatic rings. The second-order valence-corrected chi connectivity index (χ2v) is 5.88. The largest absolute Gasteiger partial charge is 0.493 e. The van der Waals surface area contributed by atoms with Crippen LogP contribution in [0.25, 0.3) is 0 Å². The second-order valence-electron chi connectivity index (χ2n) is 5.48. The minimum absolute atomic E-state index is 0.0817. The van der Waals surface area contributed by atoms with Gasteiger partial charge in [0.1, 0.15) is 0 Å². The highest BCUT2D eigenvalue weighted by Crippen LogP contribution is 2.36. The van der Waals surface area contributed by atoms with Crippen molar-refractivity contribution in [1.29, 1.82) is 5.26 Å². The van der Waals surface area contributed by atoms with E-state index in [1.807, 2.05) is 19.1 Å². The molecule has 0 spiro atoms. The normalized spacial score (nSPS) is 11.2. The van der Waals surface area contributed by atoms with E-state index in [4.69, 9.17) is 21.1 Å². The number of hydrogen-bond donors (Lipinski definition) is 1. The molecule has 2 rings (SSSR count). The summed E-state index contributed by atoms with van der Waals surface area (Å²) in [6.07, 6.45) is 0. The van der Waals surface area contributed by atoms with E-state index in [1.165, 1.54) is 26.4 Å². The van der Waals surface area contributed by atoms with E-state index >= 15 is 0 Å². The first-order chi connectivity index (χ1) is 12.4.